The van der Waals surface area contributed by atoms with Crippen molar-refractivity contribution in [1.29, 1.82) is 0 Å². The van der Waals surface area contributed by atoms with E-state index in [1.54, 1.807) is 0 Å². The molecule has 2 rings (SSSR count). The number of urea groups is 1. The number of nitrogens with zero attached hydrogens (tertiary/aromatic N) is 1. The summed E-state index contributed by atoms with van der Waals surface area (Å²) in [5.41, 5.74) is -1.41. The zero-order valence-electron chi connectivity index (χ0n) is 11.9. The van der Waals surface area contributed by atoms with Crippen molar-refractivity contribution >= 4 is 23.8 Å². The van der Waals surface area contributed by atoms with Crippen LogP contribution in [0.2, 0.25) is 0 Å². The van der Waals surface area contributed by atoms with Crippen LogP contribution in [0.25, 0.3) is 0 Å². The van der Waals surface area contributed by atoms with Crippen molar-refractivity contribution in [3.8, 4) is 0 Å². The van der Waals surface area contributed by atoms with Gasteiger partial charge in [-0.05, 0) is 33.6 Å². The number of nitrogens with one attached hydrogen (secondary N) is 2. The van der Waals surface area contributed by atoms with Gasteiger partial charge in [-0.25, -0.2) is 4.79 Å². The van der Waals surface area contributed by atoms with E-state index in [0.29, 0.717) is 12.8 Å². The molecular formula is C13H19N3O4. The normalized spacial score (nSPS) is 20.9. The molecule has 2 N–H and O–H groups in total. The average molecular weight is 281 g/mol. The Kier molecular flexibility index (Phi) is 3.31. The second-order valence-electron chi connectivity index (χ2n) is 6.35. The van der Waals surface area contributed by atoms with Crippen LogP contribution in [0.1, 0.15) is 40.0 Å². The number of imide groups is 2. The van der Waals surface area contributed by atoms with Crippen molar-refractivity contribution in [3.05, 3.63) is 0 Å². The molecule has 0 unspecified atom stereocenters. The van der Waals surface area contributed by atoms with Crippen molar-refractivity contribution in [2.24, 2.45) is 5.41 Å². The van der Waals surface area contributed by atoms with E-state index in [4.69, 9.17) is 0 Å². The van der Waals surface area contributed by atoms with E-state index in [2.05, 4.69) is 10.6 Å². The van der Waals surface area contributed by atoms with Crippen molar-refractivity contribution in [1.82, 2.24) is 15.5 Å². The van der Waals surface area contributed by atoms with Crippen LogP contribution in [0.4, 0.5) is 4.79 Å². The summed E-state index contributed by atoms with van der Waals surface area (Å²) in [7, 11) is 0. The summed E-state index contributed by atoms with van der Waals surface area (Å²) in [6, 6.07) is -0.735. The molecule has 110 valence electrons. The minimum Gasteiger partial charge on any atom is -0.351 e. The Hall–Kier alpha value is -1.92. The highest BCUT2D eigenvalue weighted by Crippen LogP contribution is 2.48. The fourth-order valence-corrected chi connectivity index (χ4v) is 2.20. The summed E-state index contributed by atoms with van der Waals surface area (Å²) in [6.45, 7) is 5.53. The molecule has 7 heteroatoms. The van der Waals surface area contributed by atoms with Crippen molar-refractivity contribution in [3.63, 3.8) is 0 Å². The molecule has 0 aromatic carbocycles. The minimum absolute atomic E-state index is 0.0123. The molecule has 2 aliphatic rings. The van der Waals surface area contributed by atoms with Crippen LogP contribution in [0.3, 0.4) is 0 Å². The Morgan fingerprint density at radius 2 is 1.90 bits per heavy atom. The molecule has 0 aromatic rings. The molecular weight excluding hydrogens is 262 g/mol. The SMILES string of the molecule is CC(C)(C)NC(=O)CCN1C(=O)NC(=O)C2(CC2)C1=O. The standard InChI is InChI=1S/C13H19N3O4/c1-12(2,3)15-8(17)4-7-16-10(19)13(5-6-13)9(18)14-11(16)20/h4-7H2,1-3H3,(H,15,17)(H,14,18,20). The first-order chi connectivity index (χ1) is 9.16. The molecule has 7 nitrogen and oxygen atoms in total. The van der Waals surface area contributed by atoms with Gasteiger partial charge >= 0.3 is 6.03 Å². The maximum atomic E-state index is 12.1. The molecule has 1 heterocycles. The second kappa shape index (κ2) is 4.57. The van der Waals surface area contributed by atoms with Gasteiger partial charge in [-0.2, -0.15) is 0 Å². The fraction of sp³-hybridized carbons (Fsp3) is 0.692. The molecule has 0 radical (unpaired) electrons. The van der Waals surface area contributed by atoms with E-state index < -0.39 is 23.3 Å². The quantitative estimate of drug-likeness (QED) is 0.720. The highest BCUT2D eigenvalue weighted by Gasteiger charge is 2.62. The second-order valence-corrected chi connectivity index (χ2v) is 6.35. The van der Waals surface area contributed by atoms with E-state index in [0.717, 1.165) is 4.90 Å². The Morgan fingerprint density at radius 3 is 2.40 bits per heavy atom. The Labute approximate surface area is 117 Å². The van der Waals surface area contributed by atoms with E-state index in [1.807, 2.05) is 20.8 Å². The number of barbiturate groups is 1. The van der Waals surface area contributed by atoms with E-state index in [1.165, 1.54) is 0 Å². The third-order valence-electron chi connectivity index (χ3n) is 3.38. The van der Waals surface area contributed by atoms with Gasteiger partial charge in [-0.15, -0.1) is 0 Å². The molecule has 0 aromatic heterocycles. The monoisotopic (exact) mass is 281 g/mol. The van der Waals surface area contributed by atoms with Crippen LogP contribution in [0, 0.1) is 5.41 Å². The first kappa shape index (κ1) is 14.5. The van der Waals surface area contributed by atoms with Crippen LogP contribution in [-0.4, -0.2) is 40.7 Å². The number of carbonyl (C=O) groups is 4. The van der Waals surface area contributed by atoms with Crippen LogP contribution in [-0.2, 0) is 14.4 Å². The molecule has 20 heavy (non-hydrogen) atoms. The summed E-state index contributed by atoms with van der Waals surface area (Å²) >= 11 is 0. The molecule has 0 atom stereocenters. The highest BCUT2D eigenvalue weighted by atomic mass is 16.2. The lowest BCUT2D eigenvalue weighted by Gasteiger charge is -2.30. The molecule has 1 aliphatic carbocycles. The van der Waals surface area contributed by atoms with Crippen LogP contribution in [0.5, 0.6) is 0 Å². The maximum absolute atomic E-state index is 12.1. The van der Waals surface area contributed by atoms with E-state index >= 15 is 0 Å². The third-order valence-corrected chi connectivity index (χ3v) is 3.38. The third kappa shape index (κ3) is 2.66. The molecule has 0 bridgehead atoms. The van der Waals surface area contributed by atoms with Crippen molar-refractivity contribution in [2.45, 2.75) is 45.6 Å². The Balaban J connectivity index is 1.95. The fourth-order valence-electron chi connectivity index (χ4n) is 2.20. The van der Waals surface area contributed by atoms with E-state index in [9.17, 15) is 19.2 Å². The van der Waals surface area contributed by atoms with Crippen molar-refractivity contribution in [2.75, 3.05) is 6.54 Å². The lowest BCUT2D eigenvalue weighted by Crippen LogP contribution is -2.59. The van der Waals surface area contributed by atoms with Gasteiger partial charge in [-0.3, -0.25) is 24.6 Å². The highest BCUT2D eigenvalue weighted by molar-refractivity contribution is 6.20. The molecule has 5 amide bonds. The van der Waals surface area contributed by atoms with Gasteiger partial charge < -0.3 is 5.32 Å². The van der Waals surface area contributed by atoms with E-state index in [-0.39, 0.29) is 24.4 Å². The molecule has 1 spiro atoms. The van der Waals surface area contributed by atoms with Gasteiger partial charge in [0.25, 0.3) is 0 Å². The van der Waals surface area contributed by atoms with Gasteiger partial charge in [-0.1, -0.05) is 0 Å². The maximum Gasteiger partial charge on any atom is 0.330 e. The largest absolute Gasteiger partial charge is 0.351 e. The zero-order valence-corrected chi connectivity index (χ0v) is 11.9. The Morgan fingerprint density at radius 1 is 1.30 bits per heavy atom. The lowest BCUT2D eigenvalue weighted by atomic mass is 10.0. The first-order valence-electron chi connectivity index (χ1n) is 6.64. The van der Waals surface area contributed by atoms with Crippen LogP contribution < -0.4 is 10.6 Å². The zero-order chi connectivity index (χ0) is 15.1. The number of hydrogen-bond donors (Lipinski definition) is 2. The molecule has 1 saturated carbocycles. The van der Waals surface area contributed by atoms with Gasteiger partial charge in [0.1, 0.15) is 5.41 Å². The van der Waals surface area contributed by atoms with Gasteiger partial charge in [0.15, 0.2) is 0 Å². The number of amides is 5. The Bertz CT molecular complexity index is 488. The molecule has 1 saturated heterocycles. The summed E-state index contributed by atoms with van der Waals surface area (Å²) < 4.78 is 0. The number of hydrogen-bond acceptors (Lipinski definition) is 4. The first-order valence-corrected chi connectivity index (χ1v) is 6.64. The van der Waals surface area contributed by atoms with Crippen LogP contribution >= 0.6 is 0 Å². The number of carbonyl (C=O) groups excluding carboxylic acids is 4. The van der Waals surface area contributed by atoms with Crippen molar-refractivity contribution < 1.29 is 19.2 Å². The molecule has 2 fully saturated rings. The summed E-state index contributed by atoms with van der Waals surface area (Å²) in [4.78, 5) is 48.1. The van der Waals surface area contributed by atoms with Gasteiger partial charge in [0.2, 0.25) is 17.7 Å². The minimum atomic E-state index is -1.05. The molecule has 1 aliphatic heterocycles. The summed E-state index contributed by atoms with van der Waals surface area (Å²) in [5.74, 6) is -1.22. The predicted octanol–water partition coefficient (Wildman–Crippen LogP) is 0.150. The smallest absolute Gasteiger partial charge is 0.330 e. The van der Waals surface area contributed by atoms with Crippen LogP contribution in [0.15, 0.2) is 0 Å². The summed E-state index contributed by atoms with van der Waals surface area (Å²) in [5, 5.41) is 4.94. The average Bonchev–Trinajstić information content (AvgIpc) is 3.05. The predicted molar refractivity (Wildman–Crippen MR) is 69.4 cm³/mol. The van der Waals surface area contributed by atoms with Gasteiger partial charge in [0, 0.05) is 18.5 Å². The topological polar surface area (TPSA) is 95.6 Å². The lowest BCUT2D eigenvalue weighted by molar-refractivity contribution is -0.144. The number of rotatable bonds is 3. The summed E-state index contributed by atoms with van der Waals surface area (Å²) in [6.07, 6.45) is 0.964. The van der Waals surface area contributed by atoms with Gasteiger partial charge in [0.05, 0.1) is 0 Å².